The molecule has 0 aliphatic carbocycles. The number of benzene rings is 1. The van der Waals surface area contributed by atoms with Crippen LogP contribution in [-0.2, 0) is 11.0 Å². The molecule has 0 aliphatic heterocycles. The minimum absolute atomic E-state index is 0.167. The summed E-state index contributed by atoms with van der Waals surface area (Å²) in [5, 5.41) is 11.0. The average molecular weight is 286 g/mol. The molecule has 0 saturated carbocycles. The zero-order valence-electron chi connectivity index (χ0n) is 9.75. The lowest BCUT2D eigenvalue weighted by Gasteiger charge is -2.08. The van der Waals surface area contributed by atoms with Crippen LogP contribution in [0.5, 0.6) is 0 Å². The van der Waals surface area contributed by atoms with Crippen molar-refractivity contribution in [3.8, 4) is 6.07 Å². The largest absolute Gasteiger partial charge is 0.416 e. The highest BCUT2D eigenvalue weighted by Gasteiger charge is 2.30. The number of nitriles is 1. The van der Waals surface area contributed by atoms with Gasteiger partial charge >= 0.3 is 6.18 Å². The Kier molecular flexibility index (Phi) is 4.62. The van der Waals surface area contributed by atoms with E-state index in [0.717, 1.165) is 24.3 Å². The van der Waals surface area contributed by atoms with Crippen molar-refractivity contribution < 1.29 is 18.0 Å². The number of allylic oxidation sites excluding steroid dienone is 1. The molecule has 0 bridgehead atoms. The van der Waals surface area contributed by atoms with E-state index in [1.165, 1.54) is 6.92 Å². The molecule has 1 amide bonds. The average Bonchev–Trinajstić information content (AvgIpc) is 2.28. The van der Waals surface area contributed by atoms with Crippen molar-refractivity contribution in [2.24, 2.45) is 0 Å². The van der Waals surface area contributed by atoms with Gasteiger partial charge < -0.3 is 5.32 Å². The first-order chi connectivity index (χ1) is 8.75. The highest BCUT2D eigenvalue weighted by molar-refractivity contribution is 7.84. The van der Waals surface area contributed by atoms with E-state index in [9.17, 15) is 18.0 Å². The molecule has 0 spiro atoms. The number of rotatable bonds is 2. The van der Waals surface area contributed by atoms with Gasteiger partial charge in [0.1, 0.15) is 11.6 Å². The van der Waals surface area contributed by atoms with E-state index in [1.54, 1.807) is 6.07 Å². The quantitative estimate of drug-likeness (QED) is 0.497. The number of alkyl halides is 3. The number of nitrogens with zero attached hydrogens (tertiary/aromatic N) is 1. The Labute approximate surface area is 113 Å². The van der Waals surface area contributed by atoms with Crippen molar-refractivity contribution in [3.05, 3.63) is 40.3 Å². The Balaban J connectivity index is 2.89. The number of thiol groups is 1. The summed E-state index contributed by atoms with van der Waals surface area (Å²) < 4.78 is 37.0. The maximum Gasteiger partial charge on any atom is 0.416 e. The summed E-state index contributed by atoms with van der Waals surface area (Å²) >= 11 is 3.88. The number of hydrogen-bond acceptors (Lipinski definition) is 3. The molecular weight excluding hydrogens is 277 g/mol. The van der Waals surface area contributed by atoms with E-state index in [1.807, 2.05) is 0 Å². The molecule has 3 nitrogen and oxygen atoms in total. The Bertz CT molecular complexity index is 552. The Hall–Kier alpha value is -1.94. The highest BCUT2D eigenvalue weighted by atomic mass is 32.1. The SMILES string of the molecule is C/C(S)=C(\C#N)C(=O)Nc1ccc(C(F)(F)F)cc1. The monoisotopic (exact) mass is 286 g/mol. The maximum absolute atomic E-state index is 12.3. The number of nitrogens with one attached hydrogen (secondary N) is 1. The summed E-state index contributed by atoms with van der Waals surface area (Å²) in [6.07, 6.45) is -4.43. The van der Waals surface area contributed by atoms with Gasteiger partial charge in [-0.2, -0.15) is 18.4 Å². The van der Waals surface area contributed by atoms with Gasteiger partial charge in [0.15, 0.2) is 0 Å². The smallest absolute Gasteiger partial charge is 0.321 e. The van der Waals surface area contributed by atoms with Crippen LogP contribution in [0.25, 0.3) is 0 Å². The third-order valence-electron chi connectivity index (χ3n) is 2.17. The summed E-state index contributed by atoms with van der Waals surface area (Å²) in [5.41, 5.74) is -0.838. The minimum atomic E-state index is -4.43. The first-order valence-corrected chi connectivity index (χ1v) is 5.49. The van der Waals surface area contributed by atoms with Gasteiger partial charge in [-0.3, -0.25) is 4.79 Å². The van der Waals surface area contributed by atoms with Crippen LogP contribution in [0.4, 0.5) is 18.9 Å². The lowest BCUT2D eigenvalue weighted by atomic mass is 10.2. The molecule has 0 aliphatic rings. The van der Waals surface area contributed by atoms with E-state index in [0.29, 0.717) is 0 Å². The van der Waals surface area contributed by atoms with Gasteiger partial charge in [0.05, 0.1) is 5.56 Å². The molecule has 100 valence electrons. The van der Waals surface area contributed by atoms with Crippen LogP contribution in [0.3, 0.4) is 0 Å². The predicted molar refractivity (Wildman–Crippen MR) is 67.4 cm³/mol. The van der Waals surface area contributed by atoms with Gasteiger partial charge in [-0.25, -0.2) is 0 Å². The first-order valence-electron chi connectivity index (χ1n) is 5.04. The van der Waals surface area contributed by atoms with Crippen molar-refractivity contribution in [2.45, 2.75) is 13.1 Å². The second kappa shape index (κ2) is 5.80. The van der Waals surface area contributed by atoms with Crippen molar-refractivity contribution in [2.75, 3.05) is 5.32 Å². The van der Waals surface area contributed by atoms with Crippen molar-refractivity contribution in [3.63, 3.8) is 0 Å². The number of anilines is 1. The van der Waals surface area contributed by atoms with Crippen LogP contribution in [0.1, 0.15) is 12.5 Å². The maximum atomic E-state index is 12.3. The third kappa shape index (κ3) is 4.03. The Morgan fingerprint density at radius 1 is 1.32 bits per heavy atom. The van der Waals surface area contributed by atoms with E-state index >= 15 is 0 Å². The second-order valence-corrected chi connectivity index (χ2v) is 4.27. The van der Waals surface area contributed by atoms with Crippen LogP contribution in [0.2, 0.25) is 0 Å². The third-order valence-corrected chi connectivity index (χ3v) is 2.39. The second-order valence-electron chi connectivity index (χ2n) is 3.60. The molecule has 0 unspecified atom stereocenters. The van der Waals surface area contributed by atoms with Gasteiger partial charge in [-0.1, -0.05) is 0 Å². The fraction of sp³-hybridized carbons (Fsp3) is 0.167. The van der Waals surface area contributed by atoms with Crippen LogP contribution >= 0.6 is 12.6 Å². The molecule has 0 fully saturated rings. The lowest BCUT2D eigenvalue weighted by molar-refractivity contribution is -0.137. The lowest BCUT2D eigenvalue weighted by Crippen LogP contribution is -2.14. The van der Waals surface area contributed by atoms with E-state index in [2.05, 4.69) is 17.9 Å². The summed E-state index contributed by atoms with van der Waals surface area (Å²) in [6, 6.07) is 5.59. The van der Waals surface area contributed by atoms with Gasteiger partial charge in [0.2, 0.25) is 0 Å². The molecule has 7 heteroatoms. The van der Waals surface area contributed by atoms with Crippen LogP contribution in [0, 0.1) is 11.3 Å². The Morgan fingerprint density at radius 3 is 2.21 bits per heavy atom. The van der Waals surface area contributed by atoms with Crippen LogP contribution in [-0.4, -0.2) is 5.91 Å². The fourth-order valence-corrected chi connectivity index (χ4v) is 1.38. The van der Waals surface area contributed by atoms with Crippen LogP contribution in [0.15, 0.2) is 34.7 Å². The predicted octanol–water partition coefficient (Wildman–Crippen LogP) is 3.37. The molecule has 0 atom stereocenters. The number of hydrogen-bond donors (Lipinski definition) is 2. The van der Waals surface area contributed by atoms with Gasteiger partial charge in [0, 0.05) is 10.6 Å². The van der Waals surface area contributed by atoms with Crippen LogP contribution < -0.4 is 5.32 Å². The summed E-state index contributed by atoms with van der Waals surface area (Å²) in [4.78, 5) is 11.8. The van der Waals surface area contributed by atoms with Gasteiger partial charge in [0.25, 0.3) is 5.91 Å². The van der Waals surface area contributed by atoms with Gasteiger partial charge in [-0.05, 0) is 31.2 Å². The van der Waals surface area contributed by atoms with E-state index in [4.69, 9.17) is 5.26 Å². The molecule has 0 radical (unpaired) electrons. The Morgan fingerprint density at radius 2 is 1.84 bits per heavy atom. The van der Waals surface area contributed by atoms with Gasteiger partial charge in [-0.15, -0.1) is 12.6 Å². The fourth-order valence-electron chi connectivity index (χ4n) is 1.23. The molecule has 19 heavy (non-hydrogen) atoms. The molecule has 1 N–H and O–H groups in total. The molecule has 1 rings (SSSR count). The summed E-state index contributed by atoms with van der Waals surface area (Å²) in [5.74, 6) is -0.713. The van der Waals surface area contributed by atoms with Crippen molar-refractivity contribution in [1.29, 1.82) is 5.26 Å². The van der Waals surface area contributed by atoms with E-state index in [-0.39, 0.29) is 16.2 Å². The number of amides is 1. The normalized spacial score (nSPS) is 12.4. The topological polar surface area (TPSA) is 52.9 Å². The zero-order valence-corrected chi connectivity index (χ0v) is 10.6. The molecular formula is C12H9F3N2OS. The van der Waals surface area contributed by atoms with Crippen molar-refractivity contribution in [1.82, 2.24) is 0 Å². The molecule has 1 aromatic rings. The minimum Gasteiger partial charge on any atom is -0.321 e. The molecule has 0 saturated heterocycles. The summed E-state index contributed by atoms with van der Waals surface area (Å²) in [6.45, 7) is 1.47. The molecule has 0 heterocycles. The number of carbonyl (C=O) groups excluding carboxylic acids is 1. The standard InChI is InChI=1S/C12H9F3N2OS/c1-7(19)10(6-16)11(18)17-9-4-2-8(3-5-9)12(13,14)15/h2-5,19H,1H3,(H,17,18)/b10-7-. The van der Waals surface area contributed by atoms with E-state index < -0.39 is 17.6 Å². The number of halogens is 3. The van der Waals surface area contributed by atoms with Crippen molar-refractivity contribution >= 4 is 24.2 Å². The first kappa shape index (κ1) is 15.1. The number of carbonyl (C=O) groups is 1. The zero-order chi connectivity index (χ0) is 14.6. The molecule has 0 aromatic heterocycles. The molecule has 1 aromatic carbocycles. The summed E-state index contributed by atoms with van der Waals surface area (Å²) in [7, 11) is 0. The highest BCUT2D eigenvalue weighted by Crippen LogP contribution is 2.29.